The van der Waals surface area contributed by atoms with Crippen molar-refractivity contribution < 1.29 is 30.6 Å². The third kappa shape index (κ3) is 5.29. The molecule has 0 radical (unpaired) electrons. The molecule has 0 saturated heterocycles. The highest BCUT2D eigenvalue weighted by molar-refractivity contribution is 7.87. The van der Waals surface area contributed by atoms with E-state index < -0.39 is 39.6 Å². The van der Waals surface area contributed by atoms with E-state index in [-0.39, 0.29) is 17.0 Å². The lowest BCUT2D eigenvalue weighted by molar-refractivity contribution is -0.137. The first-order valence-electron chi connectivity index (χ1n) is 9.99. The molecule has 0 aromatic carbocycles. The van der Waals surface area contributed by atoms with Crippen molar-refractivity contribution in [3.05, 3.63) is 41.3 Å². The van der Waals surface area contributed by atoms with Crippen molar-refractivity contribution in [1.82, 2.24) is 19.3 Å². The Bertz CT molecular complexity index is 1290. The molecule has 0 fully saturated rings. The topological polar surface area (TPSA) is 122 Å². The molecule has 33 heavy (non-hydrogen) atoms. The largest absolute Gasteiger partial charge is 0.420 e. The Labute approximate surface area is 188 Å². The average Bonchev–Trinajstić information content (AvgIpc) is 3.17. The third-order valence-corrected chi connectivity index (χ3v) is 6.33. The van der Waals surface area contributed by atoms with E-state index in [4.69, 9.17) is 5.73 Å². The highest BCUT2D eigenvalue weighted by atomic mass is 32.2. The maximum absolute atomic E-state index is 13.1. The Morgan fingerprint density at radius 1 is 1.30 bits per heavy atom. The zero-order valence-corrected chi connectivity index (χ0v) is 19.2. The zero-order chi connectivity index (χ0) is 24.7. The lowest BCUT2D eigenvalue weighted by Gasteiger charge is -2.21. The number of nitrogens with zero attached hydrogens (tertiary/aromatic N) is 4. The van der Waals surface area contributed by atoms with Gasteiger partial charge in [0.25, 0.3) is 0 Å². The number of halogens is 3. The van der Waals surface area contributed by atoms with E-state index in [0.717, 1.165) is 12.3 Å². The van der Waals surface area contributed by atoms with Gasteiger partial charge in [-0.05, 0) is 31.4 Å². The number of hydrogen-bond acceptors (Lipinski definition) is 6. The number of pyridine rings is 1. The minimum absolute atomic E-state index is 0.0695. The smallest absolute Gasteiger partial charge is 0.334 e. The molecule has 180 valence electrons. The molecule has 0 aliphatic carbocycles. The monoisotopic (exact) mass is 487 g/mol. The molecule has 1 atom stereocenters. The summed E-state index contributed by atoms with van der Waals surface area (Å²) >= 11 is 0. The third-order valence-electron chi connectivity index (χ3n) is 5.10. The fraction of sp³-hybridized carbons (Fsp3) is 0.450. The fourth-order valence-electron chi connectivity index (χ4n) is 4.02. The van der Waals surface area contributed by atoms with Gasteiger partial charge in [-0.15, -0.1) is 0 Å². The van der Waals surface area contributed by atoms with E-state index in [0.29, 0.717) is 23.5 Å². The van der Waals surface area contributed by atoms with Crippen LogP contribution in [-0.4, -0.2) is 39.6 Å². The predicted molar refractivity (Wildman–Crippen MR) is 114 cm³/mol. The molecule has 0 saturated carbocycles. The first kappa shape index (κ1) is 24.6. The Morgan fingerprint density at radius 3 is 2.55 bits per heavy atom. The van der Waals surface area contributed by atoms with Gasteiger partial charge in [-0.2, -0.15) is 26.7 Å². The summed E-state index contributed by atoms with van der Waals surface area (Å²) in [7, 11) is -2.65. The van der Waals surface area contributed by atoms with E-state index in [1.54, 1.807) is 24.7 Å². The number of alkyl halides is 3. The Kier molecular flexibility index (Phi) is 6.46. The lowest BCUT2D eigenvalue weighted by Crippen LogP contribution is -2.25. The molecule has 3 aromatic rings. The number of aromatic nitrogens is 4. The van der Waals surface area contributed by atoms with Gasteiger partial charge in [0, 0.05) is 36.3 Å². The summed E-state index contributed by atoms with van der Waals surface area (Å²) in [5, 5.41) is 4.67. The number of carbonyl (C=O) groups is 1. The molecule has 0 aliphatic rings. The van der Waals surface area contributed by atoms with Crippen LogP contribution in [0.15, 0.2) is 24.5 Å². The van der Waals surface area contributed by atoms with Crippen LogP contribution in [0.5, 0.6) is 0 Å². The molecule has 2 N–H and O–H groups in total. The number of rotatable bonds is 7. The van der Waals surface area contributed by atoms with Crippen molar-refractivity contribution in [3.63, 3.8) is 0 Å². The second-order valence-corrected chi connectivity index (χ2v) is 9.84. The van der Waals surface area contributed by atoms with Crippen LogP contribution < -0.4 is 5.73 Å². The highest BCUT2D eigenvalue weighted by Gasteiger charge is 2.33. The first-order chi connectivity index (χ1) is 15.2. The Balaban J connectivity index is 2.16. The quantitative estimate of drug-likeness (QED) is 0.508. The molecule has 9 nitrogen and oxygen atoms in total. The lowest BCUT2D eigenvalue weighted by atomic mass is 9.91. The van der Waals surface area contributed by atoms with Gasteiger partial charge in [-0.1, -0.05) is 13.8 Å². The molecule has 3 aromatic heterocycles. The van der Waals surface area contributed by atoms with Gasteiger partial charge in [0.1, 0.15) is 11.5 Å². The van der Waals surface area contributed by atoms with E-state index in [1.165, 1.54) is 10.7 Å². The fourth-order valence-corrected chi connectivity index (χ4v) is 5.13. The number of nitrogens with two attached hydrogens (primary N) is 1. The van der Waals surface area contributed by atoms with Crippen molar-refractivity contribution in [1.29, 1.82) is 0 Å². The number of hydrogen-bond donors (Lipinski definition) is 1. The summed E-state index contributed by atoms with van der Waals surface area (Å²) < 4.78 is 71.5. The second-order valence-electron chi connectivity index (χ2n) is 8.22. The zero-order valence-electron chi connectivity index (χ0n) is 18.4. The van der Waals surface area contributed by atoms with E-state index in [1.807, 2.05) is 13.8 Å². The number of amides is 1. The molecule has 13 heteroatoms. The maximum Gasteiger partial charge on any atom is 0.420 e. The summed E-state index contributed by atoms with van der Waals surface area (Å²) in [5.74, 6) is -0.641. The molecule has 0 aliphatic heterocycles. The van der Waals surface area contributed by atoms with Crippen LogP contribution in [0.1, 0.15) is 43.0 Å². The van der Waals surface area contributed by atoms with Crippen molar-refractivity contribution in [2.45, 2.75) is 39.3 Å². The summed E-state index contributed by atoms with van der Waals surface area (Å²) in [4.78, 5) is 15.0. The van der Waals surface area contributed by atoms with Crippen molar-refractivity contribution >= 4 is 27.2 Å². The Hall–Kier alpha value is -3.09. The highest BCUT2D eigenvalue weighted by Crippen LogP contribution is 2.35. The average molecular weight is 488 g/mol. The molecule has 0 spiro atoms. The van der Waals surface area contributed by atoms with E-state index in [2.05, 4.69) is 14.3 Å². The van der Waals surface area contributed by atoms with Gasteiger partial charge in [0.05, 0.1) is 17.0 Å². The van der Waals surface area contributed by atoms with Gasteiger partial charge < -0.3 is 9.92 Å². The Morgan fingerprint density at radius 2 is 1.97 bits per heavy atom. The SMILES string of the molecule is Cc1nn(C)c(-n2ccc3cc(C(F)(F)F)cnc32)c1C(CC(C)C)CS(=O)(=O)OC(N)=O. The van der Waals surface area contributed by atoms with Crippen molar-refractivity contribution in [3.8, 4) is 5.82 Å². The first-order valence-corrected chi connectivity index (χ1v) is 11.6. The normalized spacial score (nSPS) is 13.6. The minimum atomic E-state index is -4.53. The van der Waals surface area contributed by atoms with Gasteiger partial charge in [0.2, 0.25) is 0 Å². The van der Waals surface area contributed by atoms with Crippen LogP contribution in [0.4, 0.5) is 18.0 Å². The van der Waals surface area contributed by atoms with Crippen LogP contribution in [0.2, 0.25) is 0 Å². The van der Waals surface area contributed by atoms with Crippen LogP contribution in [0, 0.1) is 12.8 Å². The standard InChI is InChI=1S/C20H24F3N5O4S/c1-11(2)7-14(10-33(30,31)32-19(24)29)16-12(3)26-27(4)18(16)28-6-5-13-8-15(20(21,22)23)9-25-17(13)28/h5-6,8-9,11,14H,7,10H2,1-4H3,(H2,24,29). The molecule has 0 bridgehead atoms. The van der Waals surface area contributed by atoms with Gasteiger partial charge in [-0.3, -0.25) is 9.25 Å². The molecule has 3 heterocycles. The molecule has 3 rings (SSSR count). The van der Waals surface area contributed by atoms with Crippen LogP contribution in [0.3, 0.4) is 0 Å². The van der Waals surface area contributed by atoms with Crippen molar-refractivity contribution in [2.24, 2.45) is 18.7 Å². The van der Waals surface area contributed by atoms with E-state index >= 15 is 0 Å². The molecular weight excluding hydrogens is 463 g/mol. The number of primary amides is 1. The summed E-state index contributed by atoms with van der Waals surface area (Å²) in [6.07, 6.45) is -3.25. The maximum atomic E-state index is 13.1. The molecular formula is C20H24F3N5O4S. The van der Waals surface area contributed by atoms with Crippen LogP contribution >= 0.6 is 0 Å². The van der Waals surface area contributed by atoms with Gasteiger partial charge in [-0.25, -0.2) is 9.78 Å². The van der Waals surface area contributed by atoms with Gasteiger partial charge in [0.15, 0.2) is 0 Å². The van der Waals surface area contributed by atoms with Crippen molar-refractivity contribution in [2.75, 3.05) is 5.75 Å². The summed E-state index contributed by atoms with van der Waals surface area (Å²) in [6.45, 7) is 5.52. The second kappa shape index (κ2) is 8.69. The minimum Gasteiger partial charge on any atom is -0.334 e. The number of carbonyl (C=O) groups excluding carboxylic acids is 1. The van der Waals surface area contributed by atoms with E-state index in [9.17, 15) is 26.4 Å². The number of fused-ring (bicyclic) bond motifs is 1. The predicted octanol–water partition coefficient (Wildman–Crippen LogP) is 3.64. The number of aryl methyl sites for hydroxylation is 2. The molecule has 1 amide bonds. The summed E-state index contributed by atoms with van der Waals surface area (Å²) in [6, 6.07) is 2.49. The molecule has 1 unspecified atom stereocenters. The van der Waals surface area contributed by atoms with Crippen LogP contribution in [0.25, 0.3) is 16.9 Å². The van der Waals surface area contributed by atoms with Gasteiger partial charge >= 0.3 is 22.4 Å². The van der Waals surface area contributed by atoms with Crippen LogP contribution in [-0.2, 0) is 27.5 Å². The summed E-state index contributed by atoms with van der Waals surface area (Å²) in [5.41, 5.74) is 5.36.